The molecule has 1 aromatic carbocycles. The SMILES string of the molecule is COCC(=O)N(CC(=O)N1CCc2sccc2C1c1ccc(F)cc1)C(C)C. The molecule has 150 valence electrons. The van der Waals surface area contributed by atoms with Gasteiger partial charge in [-0.1, -0.05) is 12.1 Å². The number of benzene rings is 1. The average Bonchev–Trinajstić information content (AvgIpc) is 3.14. The van der Waals surface area contributed by atoms with Gasteiger partial charge in [0, 0.05) is 24.6 Å². The molecule has 2 heterocycles. The number of carbonyl (C=O) groups is 2. The van der Waals surface area contributed by atoms with Crippen LogP contribution in [0.1, 0.15) is 35.9 Å². The van der Waals surface area contributed by atoms with Gasteiger partial charge in [-0.2, -0.15) is 0 Å². The summed E-state index contributed by atoms with van der Waals surface area (Å²) in [5.74, 6) is -0.638. The normalized spacial score (nSPS) is 16.2. The summed E-state index contributed by atoms with van der Waals surface area (Å²) < 4.78 is 18.4. The van der Waals surface area contributed by atoms with E-state index in [0.29, 0.717) is 6.54 Å². The Morgan fingerprint density at radius 2 is 2.00 bits per heavy atom. The lowest BCUT2D eigenvalue weighted by molar-refractivity contribution is -0.145. The lowest BCUT2D eigenvalue weighted by Crippen LogP contribution is -2.49. The quantitative estimate of drug-likeness (QED) is 0.743. The van der Waals surface area contributed by atoms with Crippen molar-refractivity contribution >= 4 is 23.2 Å². The average molecular weight is 405 g/mol. The van der Waals surface area contributed by atoms with Crippen molar-refractivity contribution in [3.63, 3.8) is 0 Å². The smallest absolute Gasteiger partial charge is 0.249 e. The molecule has 0 fully saturated rings. The first kappa shape index (κ1) is 20.5. The highest BCUT2D eigenvalue weighted by atomic mass is 32.1. The maximum atomic E-state index is 13.4. The molecule has 0 bridgehead atoms. The van der Waals surface area contributed by atoms with E-state index < -0.39 is 0 Å². The zero-order valence-electron chi connectivity index (χ0n) is 16.4. The van der Waals surface area contributed by atoms with Crippen molar-refractivity contribution in [3.05, 3.63) is 57.5 Å². The minimum absolute atomic E-state index is 0.00295. The zero-order valence-corrected chi connectivity index (χ0v) is 17.2. The molecule has 7 heteroatoms. The molecule has 3 rings (SSSR count). The number of rotatable bonds is 6. The monoisotopic (exact) mass is 404 g/mol. The third-order valence-corrected chi connectivity index (χ3v) is 5.99. The fraction of sp³-hybridized carbons (Fsp3) is 0.429. The molecule has 1 aromatic heterocycles. The number of hydrogen-bond acceptors (Lipinski definition) is 4. The molecule has 1 unspecified atom stereocenters. The molecule has 28 heavy (non-hydrogen) atoms. The summed E-state index contributed by atoms with van der Waals surface area (Å²) in [5.41, 5.74) is 1.95. The van der Waals surface area contributed by atoms with Gasteiger partial charge in [-0.15, -0.1) is 11.3 Å². The number of hydrogen-bond donors (Lipinski definition) is 0. The van der Waals surface area contributed by atoms with E-state index >= 15 is 0 Å². The highest BCUT2D eigenvalue weighted by Crippen LogP contribution is 2.37. The molecule has 1 atom stereocenters. The van der Waals surface area contributed by atoms with Crippen LogP contribution in [0.3, 0.4) is 0 Å². The van der Waals surface area contributed by atoms with Crippen LogP contribution in [-0.2, 0) is 20.7 Å². The summed E-state index contributed by atoms with van der Waals surface area (Å²) in [4.78, 5) is 30.2. The van der Waals surface area contributed by atoms with Crippen molar-refractivity contribution < 1.29 is 18.7 Å². The van der Waals surface area contributed by atoms with Crippen LogP contribution in [0.4, 0.5) is 4.39 Å². The van der Waals surface area contributed by atoms with E-state index in [1.54, 1.807) is 28.4 Å². The van der Waals surface area contributed by atoms with E-state index in [-0.39, 0.29) is 42.9 Å². The molecule has 0 aliphatic carbocycles. The van der Waals surface area contributed by atoms with E-state index in [4.69, 9.17) is 4.74 Å². The minimum Gasteiger partial charge on any atom is -0.375 e. The van der Waals surface area contributed by atoms with E-state index in [9.17, 15) is 14.0 Å². The summed E-state index contributed by atoms with van der Waals surface area (Å²) in [6.07, 6.45) is 0.782. The number of methoxy groups -OCH3 is 1. The van der Waals surface area contributed by atoms with E-state index in [1.165, 1.54) is 29.0 Å². The Balaban J connectivity index is 1.89. The second-order valence-electron chi connectivity index (χ2n) is 7.14. The van der Waals surface area contributed by atoms with Crippen LogP contribution in [0.2, 0.25) is 0 Å². The molecule has 1 aliphatic heterocycles. The van der Waals surface area contributed by atoms with Crippen molar-refractivity contribution in [2.24, 2.45) is 0 Å². The van der Waals surface area contributed by atoms with Crippen LogP contribution < -0.4 is 0 Å². The molecular weight excluding hydrogens is 379 g/mol. The number of thiophene rings is 1. The number of carbonyl (C=O) groups excluding carboxylic acids is 2. The second kappa shape index (κ2) is 8.84. The van der Waals surface area contributed by atoms with Crippen LogP contribution in [-0.4, -0.2) is 54.5 Å². The van der Waals surface area contributed by atoms with Gasteiger partial charge in [0.2, 0.25) is 11.8 Å². The molecule has 2 aromatic rings. The van der Waals surface area contributed by atoms with Crippen LogP contribution in [0.5, 0.6) is 0 Å². The van der Waals surface area contributed by atoms with E-state index in [2.05, 4.69) is 0 Å². The predicted molar refractivity (Wildman–Crippen MR) is 107 cm³/mol. The third kappa shape index (κ3) is 4.25. The molecule has 0 saturated heterocycles. The number of amides is 2. The van der Waals surface area contributed by atoms with Gasteiger partial charge in [-0.25, -0.2) is 4.39 Å². The van der Waals surface area contributed by atoms with Crippen molar-refractivity contribution in [1.82, 2.24) is 9.80 Å². The highest BCUT2D eigenvalue weighted by molar-refractivity contribution is 7.10. The lowest BCUT2D eigenvalue weighted by atomic mass is 9.93. The van der Waals surface area contributed by atoms with Gasteiger partial charge < -0.3 is 14.5 Å². The van der Waals surface area contributed by atoms with Gasteiger partial charge >= 0.3 is 0 Å². The molecule has 1 aliphatic rings. The molecular formula is C21H25FN2O3S. The van der Waals surface area contributed by atoms with Gasteiger partial charge in [-0.3, -0.25) is 9.59 Å². The Labute approximate surface area is 168 Å². The Bertz CT molecular complexity index is 834. The molecule has 0 spiro atoms. The minimum atomic E-state index is -0.306. The van der Waals surface area contributed by atoms with Crippen LogP contribution in [0.25, 0.3) is 0 Å². The van der Waals surface area contributed by atoms with Gasteiger partial charge in [0.1, 0.15) is 19.0 Å². The topological polar surface area (TPSA) is 49.9 Å². The fourth-order valence-corrected chi connectivity index (χ4v) is 4.50. The largest absolute Gasteiger partial charge is 0.375 e. The molecule has 0 saturated carbocycles. The highest BCUT2D eigenvalue weighted by Gasteiger charge is 2.34. The van der Waals surface area contributed by atoms with Crippen LogP contribution in [0.15, 0.2) is 35.7 Å². The summed E-state index contributed by atoms with van der Waals surface area (Å²) in [5, 5.41) is 2.03. The van der Waals surface area contributed by atoms with Crippen LogP contribution in [0, 0.1) is 5.82 Å². The predicted octanol–water partition coefficient (Wildman–Crippen LogP) is 3.24. The summed E-state index contributed by atoms with van der Waals surface area (Å²) in [6, 6.07) is 7.94. The Morgan fingerprint density at radius 1 is 1.29 bits per heavy atom. The van der Waals surface area contributed by atoms with Crippen molar-refractivity contribution in [3.8, 4) is 0 Å². The van der Waals surface area contributed by atoms with E-state index in [1.807, 2.05) is 25.3 Å². The maximum absolute atomic E-state index is 13.4. The molecule has 2 amide bonds. The second-order valence-corrected chi connectivity index (χ2v) is 8.14. The number of halogens is 1. The van der Waals surface area contributed by atoms with Gasteiger partial charge in [-0.05, 0) is 55.0 Å². The zero-order chi connectivity index (χ0) is 20.3. The molecule has 0 N–H and O–H groups in total. The van der Waals surface area contributed by atoms with Crippen molar-refractivity contribution in [1.29, 1.82) is 0 Å². The number of fused-ring (bicyclic) bond motifs is 1. The standard InChI is InChI=1S/C21H25FN2O3S/c1-14(2)24(20(26)13-27-3)12-19(25)23-10-8-18-17(9-11-28-18)21(23)15-4-6-16(22)7-5-15/h4-7,9,11,14,21H,8,10,12-13H2,1-3H3. The molecule has 5 nitrogen and oxygen atoms in total. The van der Waals surface area contributed by atoms with Crippen LogP contribution >= 0.6 is 11.3 Å². The Morgan fingerprint density at radius 3 is 2.64 bits per heavy atom. The number of ether oxygens (including phenoxy) is 1. The molecule has 0 radical (unpaired) electrons. The first-order chi connectivity index (χ1) is 13.4. The summed E-state index contributed by atoms with van der Waals surface area (Å²) in [6.45, 7) is 4.27. The van der Waals surface area contributed by atoms with Crippen molar-refractivity contribution in [2.75, 3.05) is 26.8 Å². The van der Waals surface area contributed by atoms with Gasteiger partial charge in [0.25, 0.3) is 0 Å². The van der Waals surface area contributed by atoms with Crippen molar-refractivity contribution in [2.45, 2.75) is 32.4 Å². The fourth-order valence-electron chi connectivity index (χ4n) is 3.59. The lowest BCUT2D eigenvalue weighted by Gasteiger charge is -2.38. The summed E-state index contributed by atoms with van der Waals surface area (Å²) >= 11 is 1.68. The van der Waals surface area contributed by atoms with Gasteiger partial charge in [0.05, 0.1) is 6.04 Å². The van der Waals surface area contributed by atoms with Gasteiger partial charge in [0.15, 0.2) is 0 Å². The maximum Gasteiger partial charge on any atom is 0.249 e. The number of nitrogens with zero attached hydrogens (tertiary/aromatic N) is 2. The Kier molecular flexibility index (Phi) is 6.46. The first-order valence-corrected chi connectivity index (χ1v) is 10.2. The first-order valence-electron chi connectivity index (χ1n) is 9.32. The van der Waals surface area contributed by atoms with E-state index in [0.717, 1.165) is 17.5 Å². The summed E-state index contributed by atoms with van der Waals surface area (Å²) in [7, 11) is 1.46. The Hall–Kier alpha value is -2.25. The third-order valence-electron chi connectivity index (χ3n) is 4.99.